The minimum Gasteiger partial charge on any atom is -0.478 e. The summed E-state index contributed by atoms with van der Waals surface area (Å²) in [4.78, 5) is 26.0. The van der Waals surface area contributed by atoms with Gasteiger partial charge in [0.15, 0.2) is 6.61 Å². The molecule has 1 aliphatic heterocycles. The number of nitrogens with zero attached hydrogens (tertiary/aromatic N) is 2. The first-order chi connectivity index (χ1) is 11.2. The van der Waals surface area contributed by atoms with Crippen molar-refractivity contribution in [2.45, 2.75) is 26.2 Å². The molecule has 1 aliphatic rings. The third-order valence-electron chi connectivity index (χ3n) is 3.36. The van der Waals surface area contributed by atoms with Crippen molar-refractivity contribution in [3.63, 3.8) is 0 Å². The highest BCUT2D eigenvalue weighted by Crippen LogP contribution is 2.34. The van der Waals surface area contributed by atoms with Gasteiger partial charge in [-0.15, -0.1) is 0 Å². The van der Waals surface area contributed by atoms with Gasteiger partial charge in [-0.1, -0.05) is 38.0 Å². The number of hydrogen-bond acceptors (Lipinski definition) is 5. The van der Waals surface area contributed by atoms with Gasteiger partial charge in [-0.05, 0) is 30.3 Å². The molecule has 6 heteroatoms. The Morgan fingerprint density at radius 3 is 2.83 bits per heavy atom. The number of imide groups is 1. The van der Waals surface area contributed by atoms with Crippen LogP contribution in [-0.4, -0.2) is 29.2 Å². The smallest absolute Gasteiger partial charge is 0.293 e. The zero-order valence-corrected chi connectivity index (χ0v) is 13.8. The van der Waals surface area contributed by atoms with Crippen molar-refractivity contribution < 1.29 is 14.3 Å². The van der Waals surface area contributed by atoms with Crippen LogP contribution >= 0.6 is 11.8 Å². The number of hydrogen-bond donors (Lipinski definition) is 0. The Labute approximate surface area is 139 Å². The fraction of sp³-hybridized carbons (Fsp3) is 0.353. The average molecular weight is 330 g/mol. The van der Waals surface area contributed by atoms with Crippen LogP contribution in [0.3, 0.4) is 0 Å². The van der Waals surface area contributed by atoms with E-state index in [1.807, 2.05) is 12.1 Å². The summed E-state index contributed by atoms with van der Waals surface area (Å²) < 4.78 is 5.34. The van der Waals surface area contributed by atoms with Gasteiger partial charge in [-0.25, -0.2) is 0 Å². The predicted molar refractivity (Wildman–Crippen MR) is 89.8 cm³/mol. The Bertz CT molecular complexity index is 664. The molecule has 0 saturated carbocycles. The van der Waals surface area contributed by atoms with E-state index in [0.29, 0.717) is 22.8 Å². The molecule has 1 aromatic carbocycles. The summed E-state index contributed by atoms with van der Waals surface area (Å²) in [5.41, 5.74) is 0.682. The van der Waals surface area contributed by atoms with E-state index < -0.39 is 0 Å². The third kappa shape index (κ3) is 4.36. The Morgan fingerprint density at radius 2 is 2.09 bits per heavy atom. The average Bonchev–Trinajstić information content (AvgIpc) is 2.81. The maximum atomic E-state index is 12.4. The lowest BCUT2D eigenvalue weighted by Crippen LogP contribution is -2.29. The molecule has 0 aromatic heterocycles. The molecule has 1 saturated heterocycles. The van der Waals surface area contributed by atoms with Crippen molar-refractivity contribution in [3.05, 3.63) is 34.7 Å². The molecule has 5 nitrogen and oxygen atoms in total. The number of para-hydroxylation sites is 1. The van der Waals surface area contributed by atoms with Crippen molar-refractivity contribution in [3.8, 4) is 11.8 Å². The SMILES string of the molecule is CCCCCN1C(=O)S/C(=C\c2ccccc2OCC#N)C1=O. The molecule has 0 unspecified atom stereocenters. The van der Waals surface area contributed by atoms with Gasteiger partial charge in [-0.3, -0.25) is 14.5 Å². The molecule has 0 bridgehead atoms. The second kappa shape index (κ2) is 8.39. The van der Waals surface area contributed by atoms with E-state index in [1.165, 1.54) is 4.90 Å². The quantitative estimate of drug-likeness (QED) is 0.561. The highest BCUT2D eigenvalue weighted by atomic mass is 32.2. The Morgan fingerprint density at radius 1 is 1.30 bits per heavy atom. The van der Waals surface area contributed by atoms with E-state index >= 15 is 0 Å². The monoisotopic (exact) mass is 330 g/mol. The molecule has 0 spiro atoms. The fourth-order valence-corrected chi connectivity index (χ4v) is 3.05. The van der Waals surface area contributed by atoms with Gasteiger partial charge < -0.3 is 4.74 Å². The largest absolute Gasteiger partial charge is 0.478 e. The van der Waals surface area contributed by atoms with Crippen molar-refractivity contribution in [2.24, 2.45) is 0 Å². The van der Waals surface area contributed by atoms with Gasteiger partial charge in [0.25, 0.3) is 11.1 Å². The number of ether oxygens (including phenoxy) is 1. The van der Waals surface area contributed by atoms with Crippen LogP contribution in [0.5, 0.6) is 5.75 Å². The molecule has 2 rings (SSSR count). The third-order valence-corrected chi connectivity index (χ3v) is 4.26. The van der Waals surface area contributed by atoms with Crippen LogP contribution in [0.1, 0.15) is 31.7 Å². The topological polar surface area (TPSA) is 70.4 Å². The number of carbonyl (C=O) groups excluding carboxylic acids is 2. The van der Waals surface area contributed by atoms with Gasteiger partial charge in [0.1, 0.15) is 11.8 Å². The van der Waals surface area contributed by atoms with Crippen LogP contribution in [0.2, 0.25) is 0 Å². The number of unbranched alkanes of at least 4 members (excludes halogenated alkanes) is 2. The summed E-state index contributed by atoms with van der Waals surface area (Å²) in [6.07, 6.45) is 4.50. The van der Waals surface area contributed by atoms with Crippen molar-refractivity contribution >= 4 is 29.0 Å². The molecule has 1 aromatic rings. The first-order valence-corrected chi connectivity index (χ1v) is 8.33. The molecule has 120 valence electrons. The number of benzene rings is 1. The second-order valence-corrected chi connectivity index (χ2v) is 6.02. The minimum atomic E-state index is -0.258. The summed E-state index contributed by atoms with van der Waals surface area (Å²) >= 11 is 0.945. The Balaban J connectivity index is 2.16. The van der Waals surface area contributed by atoms with Crippen LogP contribution in [-0.2, 0) is 4.79 Å². The van der Waals surface area contributed by atoms with E-state index in [1.54, 1.807) is 24.3 Å². The van der Waals surface area contributed by atoms with Crippen LogP contribution in [0.15, 0.2) is 29.2 Å². The number of amides is 2. The molecule has 0 radical (unpaired) electrons. The maximum Gasteiger partial charge on any atom is 0.293 e. The normalized spacial score (nSPS) is 16.0. The summed E-state index contributed by atoms with van der Waals surface area (Å²) in [6, 6.07) is 9.04. The van der Waals surface area contributed by atoms with Crippen LogP contribution in [0.4, 0.5) is 4.79 Å². The standard InChI is InChI=1S/C17H18N2O3S/c1-2-3-6-10-19-16(20)15(23-17(19)21)12-13-7-4-5-8-14(13)22-11-9-18/h4-5,7-8,12H,2-3,6,10-11H2,1H3/b15-12-. The molecular weight excluding hydrogens is 312 g/mol. The maximum absolute atomic E-state index is 12.4. The molecule has 1 fully saturated rings. The summed E-state index contributed by atoms with van der Waals surface area (Å²) in [7, 11) is 0. The molecular formula is C17H18N2O3S. The lowest BCUT2D eigenvalue weighted by atomic mass is 10.2. The first-order valence-electron chi connectivity index (χ1n) is 7.51. The van der Waals surface area contributed by atoms with Crippen molar-refractivity contribution in [1.82, 2.24) is 4.90 Å². The van der Waals surface area contributed by atoms with Crippen LogP contribution < -0.4 is 4.74 Å². The molecule has 2 amide bonds. The van der Waals surface area contributed by atoms with E-state index in [4.69, 9.17) is 10.00 Å². The Hall–Kier alpha value is -2.26. The summed E-state index contributed by atoms with van der Waals surface area (Å²) in [5.74, 6) is 0.262. The lowest BCUT2D eigenvalue weighted by molar-refractivity contribution is -0.122. The zero-order valence-electron chi connectivity index (χ0n) is 12.9. The van der Waals surface area contributed by atoms with Crippen molar-refractivity contribution in [1.29, 1.82) is 5.26 Å². The molecule has 0 aliphatic carbocycles. The van der Waals surface area contributed by atoms with E-state index in [0.717, 1.165) is 31.0 Å². The molecule has 0 atom stereocenters. The first kappa shape index (κ1) is 17.1. The number of nitriles is 1. The lowest BCUT2D eigenvalue weighted by Gasteiger charge is -2.11. The zero-order chi connectivity index (χ0) is 16.7. The number of thioether (sulfide) groups is 1. The predicted octanol–water partition coefficient (Wildman–Crippen LogP) is 3.82. The van der Waals surface area contributed by atoms with Crippen molar-refractivity contribution in [2.75, 3.05) is 13.2 Å². The highest BCUT2D eigenvalue weighted by molar-refractivity contribution is 8.18. The van der Waals surface area contributed by atoms with Crippen LogP contribution in [0, 0.1) is 11.3 Å². The van der Waals surface area contributed by atoms with E-state index in [9.17, 15) is 9.59 Å². The molecule has 0 N–H and O–H groups in total. The van der Waals surface area contributed by atoms with Gasteiger partial charge in [0, 0.05) is 12.1 Å². The molecule has 1 heterocycles. The van der Waals surface area contributed by atoms with Gasteiger partial charge in [0.05, 0.1) is 4.91 Å². The van der Waals surface area contributed by atoms with E-state index in [2.05, 4.69) is 6.92 Å². The van der Waals surface area contributed by atoms with Crippen LogP contribution in [0.25, 0.3) is 6.08 Å². The number of carbonyl (C=O) groups is 2. The summed E-state index contributed by atoms with van der Waals surface area (Å²) in [6.45, 7) is 2.47. The Kier molecular flexibility index (Phi) is 6.24. The van der Waals surface area contributed by atoms with Gasteiger partial charge >= 0.3 is 0 Å². The highest BCUT2D eigenvalue weighted by Gasteiger charge is 2.34. The van der Waals surface area contributed by atoms with E-state index in [-0.39, 0.29) is 17.8 Å². The molecule has 23 heavy (non-hydrogen) atoms. The number of rotatable bonds is 7. The van der Waals surface area contributed by atoms with Gasteiger partial charge in [-0.2, -0.15) is 5.26 Å². The second-order valence-electron chi connectivity index (χ2n) is 5.03. The fourth-order valence-electron chi connectivity index (χ4n) is 2.20. The minimum absolute atomic E-state index is 0.0661. The van der Waals surface area contributed by atoms with Gasteiger partial charge in [0.2, 0.25) is 0 Å². The summed E-state index contributed by atoms with van der Waals surface area (Å²) in [5, 5.41) is 8.39.